The third-order valence-electron chi connectivity index (χ3n) is 5.64. The maximum absolute atomic E-state index is 12.1. The van der Waals surface area contributed by atoms with E-state index in [9.17, 15) is 9.59 Å². The van der Waals surface area contributed by atoms with Crippen LogP contribution >= 0.6 is 0 Å². The molecule has 0 aromatic heterocycles. The Hall–Kier alpha value is -2.30. The fraction of sp³-hybridized carbons (Fsp3) is 0.643. The maximum atomic E-state index is 12.1. The summed E-state index contributed by atoms with van der Waals surface area (Å²) in [6.07, 6.45) is 21.5. The van der Waals surface area contributed by atoms with Crippen LogP contribution in [0, 0.1) is 0 Å². The van der Waals surface area contributed by atoms with Gasteiger partial charge in [-0.05, 0) is 49.8 Å². The van der Waals surface area contributed by atoms with E-state index < -0.39 is 5.97 Å². The minimum Gasteiger partial charge on any atom is -0.493 e. The van der Waals surface area contributed by atoms with Gasteiger partial charge in [-0.2, -0.15) is 0 Å². The van der Waals surface area contributed by atoms with Crippen LogP contribution in [0.25, 0.3) is 0 Å². The molecular formula is C28H45NO4. The Kier molecular flexibility index (Phi) is 16.7. The zero-order valence-corrected chi connectivity index (χ0v) is 21.1. The van der Waals surface area contributed by atoms with E-state index in [0.29, 0.717) is 24.5 Å². The average molecular weight is 460 g/mol. The molecule has 0 aliphatic heterocycles. The van der Waals surface area contributed by atoms with Crippen LogP contribution in [0.2, 0.25) is 0 Å². The van der Waals surface area contributed by atoms with Crippen molar-refractivity contribution < 1.29 is 19.1 Å². The molecule has 5 nitrogen and oxygen atoms in total. The van der Waals surface area contributed by atoms with Gasteiger partial charge >= 0.3 is 5.97 Å². The molecule has 0 atom stereocenters. The first kappa shape index (κ1) is 28.7. The topological polar surface area (TPSA) is 64.6 Å². The second-order valence-electron chi connectivity index (χ2n) is 8.69. The molecule has 1 aromatic carbocycles. The number of carbonyl (C=O) groups is 2. The van der Waals surface area contributed by atoms with Gasteiger partial charge in [0.05, 0.1) is 7.11 Å². The van der Waals surface area contributed by atoms with Crippen LogP contribution in [0.4, 0.5) is 0 Å². The summed E-state index contributed by atoms with van der Waals surface area (Å²) in [4.78, 5) is 23.2. The van der Waals surface area contributed by atoms with E-state index in [1.807, 2.05) is 6.07 Å². The molecule has 0 saturated heterocycles. The third-order valence-corrected chi connectivity index (χ3v) is 5.64. The molecule has 1 amide bonds. The summed E-state index contributed by atoms with van der Waals surface area (Å²) >= 11 is 0. The minimum absolute atomic E-state index is 0.0654. The number of ether oxygens (including phenoxy) is 2. The van der Waals surface area contributed by atoms with Crippen LogP contribution in [-0.4, -0.2) is 19.0 Å². The van der Waals surface area contributed by atoms with Gasteiger partial charge in [-0.3, -0.25) is 9.59 Å². The number of esters is 1. The van der Waals surface area contributed by atoms with E-state index in [-0.39, 0.29) is 5.91 Å². The van der Waals surface area contributed by atoms with Crippen molar-refractivity contribution in [2.75, 3.05) is 7.11 Å². The van der Waals surface area contributed by atoms with Crippen LogP contribution in [0.5, 0.6) is 11.5 Å². The molecule has 0 unspecified atom stereocenters. The number of allylic oxidation sites excluding steroid dienone is 2. The Bertz CT molecular complexity index is 699. The van der Waals surface area contributed by atoms with E-state index in [1.54, 1.807) is 12.1 Å². The van der Waals surface area contributed by atoms with Crippen molar-refractivity contribution >= 4 is 11.9 Å². The van der Waals surface area contributed by atoms with Crippen molar-refractivity contribution in [1.29, 1.82) is 0 Å². The van der Waals surface area contributed by atoms with Crippen molar-refractivity contribution in [3.63, 3.8) is 0 Å². The number of nitrogens with one attached hydrogen (secondary N) is 1. The van der Waals surface area contributed by atoms with Gasteiger partial charge in [-0.25, -0.2) is 0 Å². The van der Waals surface area contributed by atoms with Gasteiger partial charge in [0.15, 0.2) is 11.5 Å². The first-order chi connectivity index (χ1) is 16.1. The number of methoxy groups -OCH3 is 1. The summed E-state index contributed by atoms with van der Waals surface area (Å²) in [7, 11) is 1.53. The monoisotopic (exact) mass is 459 g/mol. The Balaban J connectivity index is 2.03. The lowest BCUT2D eigenvalue weighted by atomic mass is 10.1. The number of hydrogen-bond donors (Lipinski definition) is 1. The lowest BCUT2D eigenvalue weighted by Gasteiger charge is -2.11. The summed E-state index contributed by atoms with van der Waals surface area (Å²) in [5.74, 6) is 0.535. The first-order valence-electron chi connectivity index (χ1n) is 12.8. The summed E-state index contributed by atoms with van der Waals surface area (Å²) in [6.45, 7) is 4.04. The molecule has 33 heavy (non-hydrogen) atoms. The molecule has 0 saturated carbocycles. The summed E-state index contributed by atoms with van der Waals surface area (Å²) in [5.41, 5.74) is 0.903. The molecule has 0 heterocycles. The molecule has 0 spiro atoms. The second-order valence-corrected chi connectivity index (χ2v) is 8.69. The van der Waals surface area contributed by atoms with Crippen LogP contribution in [0.3, 0.4) is 0 Å². The minimum atomic E-state index is -0.394. The van der Waals surface area contributed by atoms with Crippen molar-refractivity contribution in [1.82, 2.24) is 5.32 Å². The molecular weight excluding hydrogens is 414 g/mol. The van der Waals surface area contributed by atoms with E-state index in [4.69, 9.17) is 9.47 Å². The number of amides is 1. The van der Waals surface area contributed by atoms with Gasteiger partial charge in [0, 0.05) is 19.9 Å². The van der Waals surface area contributed by atoms with E-state index in [2.05, 4.69) is 24.4 Å². The van der Waals surface area contributed by atoms with Crippen LogP contribution in [-0.2, 0) is 16.1 Å². The molecule has 0 aliphatic carbocycles. The molecule has 0 bridgehead atoms. The van der Waals surface area contributed by atoms with Gasteiger partial charge in [0.25, 0.3) is 0 Å². The van der Waals surface area contributed by atoms with Gasteiger partial charge < -0.3 is 14.8 Å². The van der Waals surface area contributed by atoms with E-state index >= 15 is 0 Å². The largest absolute Gasteiger partial charge is 0.493 e. The quantitative estimate of drug-likeness (QED) is 0.102. The fourth-order valence-corrected chi connectivity index (χ4v) is 3.71. The Morgan fingerprint density at radius 1 is 0.848 bits per heavy atom. The van der Waals surface area contributed by atoms with Crippen molar-refractivity contribution in [2.45, 2.75) is 110 Å². The highest BCUT2D eigenvalue weighted by atomic mass is 16.6. The van der Waals surface area contributed by atoms with Crippen molar-refractivity contribution in [3.05, 3.63) is 35.9 Å². The predicted molar refractivity (Wildman–Crippen MR) is 136 cm³/mol. The summed E-state index contributed by atoms with van der Waals surface area (Å²) < 4.78 is 10.4. The smallest absolute Gasteiger partial charge is 0.308 e. The standard InChI is InChI=1S/C28H45NO4/c1-4-5-6-7-8-9-10-11-12-13-14-15-16-17-18-19-28(31)29-23-25-20-21-26(33-24(2)30)27(22-25)32-3/h11-12,20-22H,4-10,13-19,23H2,1-3H3,(H,29,31). The lowest BCUT2D eigenvalue weighted by Crippen LogP contribution is -2.22. The van der Waals surface area contributed by atoms with Crippen LogP contribution in [0.1, 0.15) is 109 Å². The highest BCUT2D eigenvalue weighted by molar-refractivity contribution is 5.75. The SMILES string of the molecule is CCCCCCCCC=CCCCCCCCC(=O)NCc1ccc(OC(C)=O)c(OC)c1. The second kappa shape index (κ2) is 19.2. The average Bonchev–Trinajstić information content (AvgIpc) is 2.80. The van der Waals surface area contributed by atoms with Crippen molar-refractivity contribution in [3.8, 4) is 11.5 Å². The zero-order valence-electron chi connectivity index (χ0n) is 21.1. The van der Waals surface area contributed by atoms with Gasteiger partial charge in [0.1, 0.15) is 0 Å². The molecule has 0 fully saturated rings. The normalized spacial score (nSPS) is 11.0. The summed E-state index contributed by atoms with van der Waals surface area (Å²) in [6, 6.07) is 5.29. The Morgan fingerprint density at radius 3 is 2.06 bits per heavy atom. The number of benzene rings is 1. The van der Waals surface area contributed by atoms with Crippen molar-refractivity contribution in [2.24, 2.45) is 0 Å². The van der Waals surface area contributed by atoms with E-state index in [1.165, 1.54) is 84.7 Å². The predicted octanol–water partition coefficient (Wildman–Crippen LogP) is 7.27. The van der Waals surface area contributed by atoms with Crippen LogP contribution in [0.15, 0.2) is 30.4 Å². The molecule has 1 N–H and O–H groups in total. The third kappa shape index (κ3) is 15.2. The molecule has 1 aromatic rings. The number of unbranched alkanes of at least 4 members (excludes halogenated alkanes) is 11. The first-order valence-corrected chi connectivity index (χ1v) is 12.8. The van der Waals surface area contributed by atoms with E-state index in [0.717, 1.165) is 18.4 Å². The zero-order chi connectivity index (χ0) is 24.2. The molecule has 5 heteroatoms. The number of carbonyl (C=O) groups excluding carboxylic acids is 2. The van der Waals surface area contributed by atoms with Gasteiger partial charge in [0.2, 0.25) is 5.91 Å². The summed E-state index contributed by atoms with van der Waals surface area (Å²) in [5, 5.41) is 2.95. The highest BCUT2D eigenvalue weighted by Crippen LogP contribution is 2.28. The number of rotatable bonds is 19. The van der Waals surface area contributed by atoms with Gasteiger partial charge in [-0.15, -0.1) is 0 Å². The van der Waals surface area contributed by atoms with Gasteiger partial charge in [-0.1, -0.05) is 76.5 Å². The Labute approximate surface area is 201 Å². The molecule has 0 aliphatic rings. The highest BCUT2D eigenvalue weighted by Gasteiger charge is 2.09. The van der Waals surface area contributed by atoms with Crippen LogP contribution < -0.4 is 14.8 Å². The lowest BCUT2D eigenvalue weighted by molar-refractivity contribution is -0.132. The Morgan fingerprint density at radius 2 is 1.45 bits per heavy atom. The molecule has 1 rings (SSSR count). The molecule has 0 radical (unpaired) electrons. The maximum Gasteiger partial charge on any atom is 0.308 e. The fourth-order valence-electron chi connectivity index (χ4n) is 3.71. The number of hydrogen-bond acceptors (Lipinski definition) is 4. The molecule has 186 valence electrons.